The predicted molar refractivity (Wildman–Crippen MR) is 341 cm³/mol. The fourth-order valence-corrected chi connectivity index (χ4v) is 9.94. The van der Waals surface area contributed by atoms with Crippen LogP contribution in [0.2, 0.25) is 0 Å². The van der Waals surface area contributed by atoms with Gasteiger partial charge in [0.05, 0.1) is 65.1 Å². The van der Waals surface area contributed by atoms with Crippen molar-refractivity contribution in [3.63, 3.8) is 0 Å². The van der Waals surface area contributed by atoms with Crippen molar-refractivity contribution in [1.82, 2.24) is 61.7 Å². The second-order valence-corrected chi connectivity index (χ2v) is 22.9. The van der Waals surface area contributed by atoms with Crippen molar-refractivity contribution in [1.29, 1.82) is 0 Å². The highest BCUT2D eigenvalue weighted by atomic mass is 16.9. The number of hydrogen-bond donors (Lipinski definition) is 10. The van der Waals surface area contributed by atoms with E-state index >= 15 is 0 Å². The van der Waals surface area contributed by atoms with Gasteiger partial charge in [-0.1, -0.05) is 61.5 Å². The number of fused-ring (bicyclic) bond motifs is 1. The van der Waals surface area contributed by atoms with Crippen molar-refractivity contribution in [3.05, 3.63) is 77.9 Å². The van der Waals surface area contributed by atoms with Crippen LogP contribution in [0.1, 0.15) is 43.7 Å². The molecule has 12 N–H and O–H groups in total. The van der Waals surface area contributed by atoms with E-state index in [4.69, 9.17) is 35.2 Å². The number of ether oxygens (including phenoxy) is 5. The summed E-state index contributed by atoms with van der Waals surface area (Å²) in [5.41, 5.74) is 10.3. The van der Waals surface area contributed by atoms with Gasteiger partial charge in [0.15, 0.2) is 17.9 Å². The first kappa shape index (κ1) is 75.8. The third kappa shape index (κ3) is 27.3. The van der Waals surface area contributed by atoms with Gasteiger partial charge in [-0.05, 0) is 94.5 Å². The number of cyclic esters (lactones) is 2. The van der Waals surface area contributed by atoms with Gasteiger partial charge in [0, 0.05) is 58.7 Å². The number of nitrogens with zero attached hydrogens (tertiary/aromatic N) is 6. The number of likely N-dealkylation sites (N-methyl/N-ethyl adjacent to an activating group) is 5. The van der Waals surface area contributed by atoms with Crippen LogP contribution in [0.4, 0.5) is 0 Å². The molecule has 2 aliphatic heterocycles. The van der Waals surface area contributed by atoms with Gasteiger partial charge in [-0.2, -0.15) is 0 Å². The lowest BCUT2D eigenvalue weighted by atomic mass is 9.95. The van der Waals surface area contributed by atoms with E-state index in [1.807, 2.05) is 54.3 Å². The molecule has 32 heteroatoms. The van der Waals surface area contributed by atoms with Crippen molar-refractivity contribution >= 4 is 82.3 Å². The van der Waals surface area contributed by atoms with Gasteiger partial charge >= 0.3 is 24.4 Å². The van der Waals surface area contributed by atoms with Crippen LogP contribution in [0.5, 0.6) is 5.75 Å². The zero-order chi connectivity index (χ0) is 68.6. The molecule has 94 heavy (non-hydrogen) atoms. The van der Waals surface area contributed by atoms with E-state index in [1.54, 1.807) is 35.8 Å². The second-order valence-electron chi connectivity index (χ2n) is 22.9. The van der Waals surface area contributed by atoms with Crippen LogP contribution >= 0.6 is 0 Å². The number of aromatic hydroxyl groups is 1. The summed E-state index contributed by atoms with van der Waals surface area (Å²) in [6, 6.07) is 15.2. The molecule has 5 rings (SSSR count). The number of hydrogen-bond acceptors (Lipinski definition) is 23. The molecular formula is C62H91N15O17. The number of nitrogens with one attached hydrogen (secondary N) is 7. The number of phenols is 1. The molecule has 516 valence electrons. The lowest BCUT2D eigenvalue weighted by Crippen LogP contribution is -2.68. The molecule has 0 bridgehead atoms. The minimum absolute atomic E-state index is 0.000827. The number of phenolic OH excluding ortho intramolecular Hbond substituents is 1. The molecular weight excluding hydrogens is 1230 g/mol. The minimum atomic E-state index is -1.97. The number of esters is 3. The highest BCUT2D eigenvalue weighted by Crippen LogP contribution is 2.24. The largest absolute Gasteiger partial charge is 0.508 e. The lowest BCUT2D eigenvalue weighted by Gasteiger charge is -2.42. The normalized spacial score (nSPS) is 19.5. The van der Waals surface area contributed by atoms with E-state index in [-0.39, 0.29) is 122 Å². The molecule has 2 heterocycles. The van der Waals surface area contributed by atoms with Crippen LogP contribution in [-0.4, -0.2) is 278 Å². The first-order chi connectivity index (χ1) is 44.9. The van der Waals surface area contributed by atoms with Gasteiger partial charge in [-0.15, -0.1) is 0 Å². The number of aldehydes is 1. The second kappa shape index (κ2) is 39.6. The zero-order valence-corrected chi connectivity index (χ0v) is 54.0. The van der Waals surface area contributed by atoms with Crippen LogP contribution < -0.4 is 48.7 Å². The van der Waals surface area contributed by atoms with E-state index in [0.717, 1.165) is 10.8 Å². The Bertz CT molecular complexity index is 3040. The van der Waals surface area contributed by atoms with Gasteiger partial charge in [-0.3, -0.25) is 82.2 Å². The van der Waals surface area contributed by atoms with Gasteiger partial charge in [0.2, 0.25) is 41.4 Å². The first-order valence-corrected chi connectivity index (χ1v) is 31.0. The third-order valence-corrected chi connectivity index (χ3v) is 15.2. The molecule has 0 saturated carbocycles. The Morgan fingerprint density at radius 3 is 2.10 bits per heavy atom. The summed E-state index contributed by atoms with van der Waals surface area (Å²) in [6.07, 6.45) is 0.482. The molecule has 0 aromatic heterocycles. The highest BCUT2D eigenvalue weighted by Gasteiger charge is 2.43. The molecule has 2 aliphatic rings. The van der Waals surface area contributed by atoms with Gasteiger partial charge in [0.1, 0.15) is 24.4 Å². The zero-order valence-electron chi connectivity index (χ0n) is 54.0. The number of carbonyl (C=O) groups excluding carboxylic acids is 11. The van der Waals surface area contributed by atoms with Crippen molar-refractivity contribution in [2.24, 2.45) is 16.5 Å². The monoisotopic (exact) mass is 1320 g/mol. The number of carbonyl (C=O) groups is 11. The quantitative estimate of drug-likeness (QED) is 0.00936. The van der Waals surface area contributed by atoms with Crippen LogP contribution in [0.3, 0.4) is 0 Å². The summed E-state index contributed by atoms with van der Waals surface area (Å²) in [7, 11) is 6.52. The summed E-state index contributed by atoms with van der Waals surface area (Å²) in [5, 5.41) is 30.8. The average molecular weight is 1320 g/mol. The summed E-state index contributed by atoms with van der Waals surface area (Å²) < 4.78 is 26.3. The van der Waals surface area contributed by atoms with E-state index in [1.165, 1.54) is 36.2 Å². The Morgan fingerprint density at radius 1 is 0.755 bits per heavy atom. The highest BCUT2D eigenvalue weighted by molar-refractivity contribution is 5.95. The summed E-state index contributed by atoms with van der Waals surface area (Å²) in [6.45, 7) is 0.972. The van der Waals surface area contributed by atoms with E-state index in [2.05, 4.69) is 42.2 Å². The Kier molecular flexibility index (Phi) is 31.9. The van der Waals surface area contributed by atoms with Crippen LogP contribution in [-0.2, 0) is 89.3 Å². The molecule has 7 amide bonds. The molecule has 3 aromatic carbocycles. The van der Waals surface area contributed by atoms with Gasteiger partial charge in [-0.25, -0.2) is 0 Å². The maximum Gasteiger partial charge on any atom is 0.412 e. The fourth-order valence-electron chi connectivity index (χ4n) is 9.94. The van der Waals surface area contributed by atoms with E-state index < -0.39 is 103 Å². The first-order valence-electron chi connectivity index (χ1n) is 31.0. The Hall–Kier alpha value is -8.92. The maximum absolute atomic E-state index is 14.8. The molecule has 32 nitrogen and oxygen atoms in total. The number of benzene rings is 3. The molecule has 2 fully saturated rings. The van der Waals surface area contributed by atoms with Gasteiger partial charge in [0.25, 0.3) is 0 Å². The molecule has 4 unspecified atom stereocenters. The molecule has 2 saturated heterocycles. The van der Waals surface area contributed by atoms with Crippen molar-refractivity contribution in [3.8, 4) is 5.75 Å². The standard InChI is InChI=1S/C62H91N15O17/c1-6-77(27-26-75(4)39-56(86)94-61-92-54(84)37-73(2)24-25-74(3)38-55(85)93-61)36-52(82)66-23-28-90-29-30-91-40-53(83)68-34-50(80)65-21-10-14-49-59(89)70-47(13-9-22-67-60(63)64)58(88)71-48(32-43-15-18-44-11-7-8-12-45(44)31-43)57(87)69-35-51(81)72-62(41-78,76(49)5)33-42-16-19-46(79)20-17-42/h7-8,11-12,15-20,31,41,47-49,61,79H,6,9-10,13-14,21-30,32-40H2,1-5H3,(H,65,80)(H,66,82)(H,68,83)(H,69,87)(H,70,89)(H,71,88)(H,72,81)(H4,63,64,67). The van der Waals surface area contributed by atoms with Crippen LogP contribution in [0.25, 0.3) is 10.8 Å². The SMILES string of the molecule is CCN(CCN(C)CC(=O)OC1OC(=O)CN(C)CCN(C)CC(=O)O1)CC(=O)NCCOCCOCC(=O)NCC(=O)NCCCC1C(=O)NC(CCCN=C(N)N)C(=O)NC(Cc2ccc3ccccc3c2)C(=O)NCC(=O)NC(C=O)(Cc2ccc(O)cc2)N1C. The molecule has 0 radical (unpaired) electrons. The smallest absolute Gasteiger partial charge is 0.412 e. The maximum atomic E-state index is 14.8. The molecule has 4 atom stereocenters. The van der Waals surface area contributed by atoms with Crippen LogP contribution in [0.15, 0.2) is 71.7 Å². The topological polar surface area (TPSA) is 419 Å². The number of aliphatic imine (C=N–C) groups is 1. The predicted octanol–water partition coefficient (Wildman–Crippen LogP) is -4.00. The Labute approximate surface area is 545 Å². The molecule has 0 spiro atoms. The van der Waals surface area contributed by atoms with Crippen molar-refractivity contribution in [2.45, 2.75) is 75.7 Å². The number of guanidine groups is 1. The number of rotatable bonds is 32. The Morgan fingerprint density at radius 2 is 1.41 bits per heavy atom. The van der Waals surface area contributed by atoms with Gasteiger partial charge < -0.3 is 77.5 Å². The summed E-state index contributed by atoms with van der Waals surface area (Å²) in [5.74, 6) is -6.95. The van der Waals surface area contributed by atoms with Crippen molar-refractivity contribution < 1.29 is 81.5 Å². The fraction of sp³-hybridized carbons (Fsp3) is 0.548. The third-order valence-electron chi connectivity index (χ3n) is 15.2. The number of nitrogens with two attached hydrogens (primary N) is 2. The molecule has 3 aromatic rings. The Balaban J connectivity index is 1.07. The summed E-state index contributed by atoms with van der Waals surface area (Å²) in [4.78, 5) is 159. The molecule has 0 aliphatic carbocycles. The van der Waals surface area contributed by atoms with Crippen molar-refractivity contribution in [2.75, 3.05) is 146 Å². The average Bonchev–Trinajstić information content (AvgIpc) is 0.816. The summed E-state index contributed by atoms with van der Waals surface area (Å²) >= 11 is 0. The number of amides is 7. The lowest BCUT2D eigenvalue weighted by molar-refractivity contribution is -0.258. The van der Waals surface area contributed by atoms with E-state index in [9.17, 15) is 57.8 Å². The van der Waals surface area contributed by atoms with Crippen LogP contribution in [0, 0.1) is 0 Å². The van der Waals surface area contributed by atoms with E-state index in [0.29, 0.717) is 50.1 Å². The minimum Gasteiger partial charge on any atom is -0.508 e.